The Morgan fingerprint density at radius 2 is 2.31 bits per heavy atom. The molecule has 16 heavy (non-hydrogen) atoms. The summed E-state index contributed by atoms with van der Waals surface area (Å²) in [5.41, 5.74) is 4.73. The van der Waals surface area contributed by atoms with Gasteiger partial charge >= 0.3 is 0 Å². The number of rotatable bonds is 7. The molecule has 0 aromatic carbocycles. The lowest BCUT2D eigenvalue weighted by Crippen LogP contribution is -2.33. The van der Waals surface area contributed by atoms with Crippen molar-refractivity contribution in [2.75, 3.05) is 12.3 Å². The highest BCUT2D eigenvalue weighted by Gasteiger charge is 2.16. The van der Waals surface area contributed by atoms with E-state index in [4.69, 9.17) is 5.73 Å². The molecule has 1 atom stereocenters. The van der Waals surface area contributed by atoms with Crippen LogP contribution >= 0.6 is 11.8 Å². The molecule has 6 heteroatoms. The first-order chi connectivity index (χ1) is 7.55. The largest absolute Gasteiger partial charge is 0.389 e. The van der Waals surface area contributed by atoms with Crippen molar-refractivity contribution in [3.63, 3.8) is 0 Å². The lowest BCUT2D eigenvalue weighted by Gasteiger charge is -2.20. The molecule has 0 aliphatic carbocycles. The zero-order valence-electron chi connectivity index (χ0n) is 9.89. The highest BCUT2D eigenvalue weighted by Crippen LogP contribution is 2.18. The standard InChI is InChI=1S/C10H20N4OS/c1-10(15,7-11)5-3-4-6-16-9-12-8-13-14(9)2/h8,15H,3-7,11H2,1-2H3. The molecule has 0 fully saturated rings. The van der Waals surface area contributed by atoms with Crippen LogP contribution in [0.15, 0.2) is 11.5 Å². The molecule has 1 unspecified atom stereocenters. The number of aromatic nitrogens is 3. The average Bonchev–Trinajstić information content (AvgIpc) is 2.64. The van der Waals surface area contributed by atoms with Crippen molar-refractivity contribution in [3.8, 4) is 0 Å². The Hall–Kier alpha value is -0.590. The molecular weight excluding hydrogens is 224 g/mol. The summed E-state index contributed by atoms with van der Waals surface area (Å²) in [6.45, 7) is 2.10. The van der Waals surface area contributed by atoms with E-state index in [1.165, 1.54) is 0 Å². The van der Waals surface area contributed by atoms with E-state index < -0.39 is 5.60 Å². The summed E-state index contributed by atoms with van der Waals surface area (Å²) in [6, 6.07) is 0. The highest BCUT2D eigenvalue weighted by atomic mass is 32.2. The minimum absolute atomic E-state index is 0.323. The van der Waals surface area contributed by atoms with E-state index in [9.17, 15) is 5.11 Å². The van der Waals surface area contributed by atoms with Gasteiger partial charge in [0.2, 0.25) is 0 Å². The van der Waals surface area contributed by atoms with Gasteiger partial charge in [-0.3, -0.25) is 0 Å². The SMILES string of the molecule is Cn1ncnc1SCCCCC(C)(O)CN. The molecule has 0 saturated carbocycles. The highest BCUT2D eigenvalue weighted by molar-refractivity contribution is 7.99. The molecule has 0 aliphatic heterocycles. The van der Waals surface area contributed by atoms with Crippen LogP contribution in [-0.2, 0) is 7.05 Å². The molecule has 0 aliphatic rings. The lowest BCUT2D eigenvalue weighted by atomic mass is 10.00. The van der Waals surface area contributed by atoms with Gasteiger partial charge in [0.25, 0.3) is 0 Å². The van der Waals surface area contributed by atoms with Crippen LogP contribution in [0.25, 0.3) is 0 Å². The maximum atomic E-state index is 9.69. The summed E-state index contributed by atoms with van der Waals surface area (Å²) < 4.78 is 1.76. The number of nitrogens with zero attached hydrogens (tertiary/aromatic N) is 3. The third kappa shape index (κ3) is 4.51. The van der Waals surface area contributed by atoms with Crippen molar-refractivity contribution >= 4 is 11.8 Å². The summed E-state index contributed by atoms with van der Waals surface area (Å²) in [5, 5.41) is 14.6. The zero-order chi connectivity index (χ0) is 12.0. The normalized spacial score (nSPS) is 15.0. The van der Waals surface area contributed by atoms with Gasteiger partial charge in [-0.2, -0.15) is 5.10 Å². The topological polar surface area (TPSA) is 77.0 Å². The number of aryl methyl sites for hydroxylation is 1. The molecule has 1 heterocycles. The summed E-state index contributed by atoms with van der Waals surface area (Å²) in [6.07, 6.45) is 4.34. The Labute approximate surface area is 100 Å². The van der Waals surface area contributed by atoms with Crippen LogP contribution in [0.2, 0.25) is 0 Å². The van der Waals surface area contributed by atoms with E-state index >= 15 is 0 Å². The Kier molecular flexibility index (Phi) is 5.24. The van der Waals surface area contributed by atoms with E-state index in [2.05, 4.69) is 10.1 Å². The van der Waals surface area contributed by atoms with Gasteiger partial charge < -0.3 is 10.8 Å². The molecule has 0 bridgehead atoms. The van der Waals surface area contributed by atoms with Crippen molar-refractivity contribution in [1.29, 1.82) is 0 Å². The van der Waals surface area contributed by atoms with E-state index in [0.717, 1.165) is 30.2 Å². The van der Waals surface area contributed by atoms with Crippen LogP contribution < -0.4 is 5.73 Å². The molecule has 0 saturated heterocycles. The molecule has 3 N–H and O–H groups in total. The smallest absolute Gasteiger partial charge is 0.185 e. The van der Waals surface area contributed by atoms with Gasteiger partial charge in [-0.15, -0.1) is 0 Å². The predicted octanol–water partition coefficient (Wildman–Crippen LogP) is 0.787. The predicted molar refractivity (Wildman–Crippen MR) is 65.3 cm³/mol. The number of nitrogens with two attached hydrogens (primary N) is 1. The summed E-state index contributed by atoms with van der Waals surface area (Å²) >= 11 is 1.69. The molecular formula is C10H20N4OS. The number of unbranched alkanes of at least 4 members (excludes halogenated alkanes) is 1. The number of aliphatic hydroxyl groups is 1. The van der Waals surface area contributed by atoms with Crippen molar-refractivity contribution in [1.82, 2.24) is 14.8 Å². The Balaban J connectivity index is 2.11. The van der Waals surface area contributed by atoms with Gasteiger partial charge in [-0.05, 0) is 26.2 Å². The van der Waals surface area contributed by atoms with E-state index in [1.807, 2.05) is 7.05 Å². The number of hydrogen-bond donors (Lipinski definition) is 2. The van der Waals surface area contributed by atoms with Gasteiger partial charge in [0, 0.05) is 19.3 Å². The van der Waals surface area contributed by atoms with Crippen molar-refractivity contribution in [3.05, 3.63) is 6.33 Å². The Morgan fingerprint density at radius 1 is 1.56 bits per heavy atom. The second-order valence-electron chi connectivity index (χ2n) is 4.17. The second-order valence-corrected chi connectivity index (χ2v) is 5.23. The van der Waals surface area contributed by atoms with Gasteiger partial charge in [-0.1, -0.05) is 11.8 Å². The summed E-state index contributed by atoms with van der Waals surface area (Å²) in [5.74, 6) is 0.993. The fraction of sp³-hybridized carbons (Fsp3) is 0.800. The van der Waals surface area contributed by atoms with Crippen molar-refractivity contribution in [2.45, 2.75) is 36.9 Å². The molecule has 92 valence electrons. The lowest BCUT2D eigenvalue weighted by molar-refractivity contribution is 0.0577. The van der Waals surface area contributed by atoms with Gasteiger partial charge in [-0.25, -0.2) is 9.67 Å². The van der Waals surface area contributed by atoms with E-state index in [1.54, 1.807) is 29.7 Å². The first-order valence-electron chi connectivity index (χ1n) is 5.44. The second kappa shape index (κ2) is 6.22. The van der Waals surface area contributed by atoms with Crippen LogP contribution in [0, 0.1) is 0 Å². The first-order valence-corrected chi connectivity index (χ1v) is 6.43. The monoisotopic (exact) mass is 244 g/mol. The number of hydrogen-bond acceptors (Lipinski definition) is 5. The quantitative estimate of drug-likeness (QED) is 0.548. The minimum atomic E-state index is -0.713. The maximum absolute atomic E-state index is 9.69. The molecule has 0 radical (unpaired) electrons. The van der Waals surface area contributed by atoms with Gasteiger partial charge in [0.1, 0.15) is 6.33 Å². The van der Waals surface area contributed by atoms with Gasteiger partial charge in [0.15, 0.2) is 5.16 Å². The summed E-state index contributed by atoms with van der Waals surface area (Å²) in [4.78, 5) is 4.12. The average molecular weight is 244 g/mol. The van der Waals surface area contributed by atoms with Crippen LogP contribution in [0.4, 0.5) is 0 Å². The minimum Gasteiger partial charge on any atom is -0.389 e. The molecule has 5 nitrogen and oxygen atoms in total. The maximum Gasteiger partial charge on any atom is 0.185 e. The molecule has 0 amide bonds. The molecule has 1 aromatic heterocycles. The molecule has 1 rings (SSSR count). The van der Waals surface area contributed by atoms with Gasteiger partial charge in [0.05, 0.1) is 5.60 Å². The summed E-state index contributed by atoms with van der Waals surface area (Å²) in [7, 11) is 1.88. The number of thioether (sulfide) groups is 1. The van der Waals surface area contributed by atoms with Crippen LogP contribution in [0.5, 0.6) is 0 Å². The fourth-order valence-corrected chi connectivity index (χ4v) is 2.18. The van der Waals surface area contributed by atoms with E-state index in [0.29, 0.717) is 6.54 Å². The van der Waals surface area contributed by atoms with E-state index in [-0.39, 0.29) is 0 Å². The molecule has 1 aromatic rings. The zero-order valence-corrected chi connectivity index (χ0v) is 10.7. The van der Waals surface area contributed by atoms with Crippen LogP contribution in [0.3, 0.4) is 0 Å². The fourth-order valence-electron chi connectivity index (χ4n) is 1.29. The van der Waals surface area contributed by atoms with Crippen LogP contribution in [0.1, 0.15) is 26.2 Å². The molecule has 0 spiro atoms. The van der Waals surface area contributed by atoms with Crippen LogP contribution in [-0.4, -0.2) is 37.8 Å². The third-order valence-electron chi connectivity index (χ3n) is 2.45. The first kappa shape index (κ1) is 13.5. The van der Waals surface area contributed by atoms with Crippen molar-refractivity contribution < 1.29 is 5.11 Å². The Morgan fingerprint density at radius 3 is 2.88 bits per heavy atom. The van der Waals surface area contributed by atoms with Crippen molar-refractivity contribution in [2.24, 2.45) is 12.8 Å². The third-order valence-corrected chi connectivity index (χ3v) is 3.57. The Bertz CT molecular complexity index is 314.